The molecule has 2 nitrogen and oxygen atoms in total. The zero-order valence-corrected chi connectivity index (χ0v) is 9.47. The van der Waals surface area contributed by atoms with Crippen LogP contribution < -0.4 is 0 Å². The van der Waals surface area contributed by atoms with Crippen LogP contribution in [0.3, 0.4) is 0 Å². The van der Waals surface area contributed by atoms with E-state index in [1.165, 1.54) is 0 Å². The fourth-order valence-electron chi connectivity index (χ4n) is 1.01. The minimum atomic E-state index is -2.05. The third-order valence-corrected chi connectivity index (χ3v) is 7.98. The van der Waals surface area contributed by atoms with Crippen LogP contribution in [-0.4, -0.2) is 8.54 Å². The Morgan fingerprint density at radius 2 is 2.00 bits per heavy atom. The van der Waals surface area contributed by atoms with E-state index >= 15 is 0 Å². The molecule has 1 heterocycles. The normalized spacial score (nSPS) is 18.3. The van der Waals surface area contributed by atoms with Gasteiger partial charge in [0.1, 0.15) is 0 Å². The first-order chi connectivity index (χ1) is 5.72. The summed E-state index contributed by atoms with van der Waals surface area (Å²) in [4.78, 5) is 11.4. The first kappa shape index (κ1) is 8.59. The van der Waals surface area contributed by atoms with Crippen LogP contribution in [0.15, 0.2) is 24.3 Å². The van der Waals surface area contributed by atoms with Gasteiger partial charge in [0.25, 0.3) is 0 Å². The Labute approximate surface area is 86.0 Å². The van der Waals surface area contributed by atoms with Gasteiger partial charge in [-0.25, -0.2) is 0 Å². The summed E-state index contributed by atoms with van der Waals surface area (Å²) in [5, 5.41) is 0. The predicted octanol–water partition coefficient (Wildman–Crippen LogP) is 3.04. The number of hydrogen-bond donors (Lipinski definition) is 0. The number of nitrogens with zero attached hydrogens (tertiary/aromatic N) is 1. The van der Waals surface area contributed by atoms with E-state index in [1.54, 1.807) is 6.07 Å². The average Bonchev–Trinajstić information content (AvgIpc) is 2.33. The first-order valence-corrected chi connectivity index (χ1v) is 8.29. The first-order valence-electron chi connectivity index (χ1n) is 3.17. The van der Waals surface area contributed by atoms with E-state index in [0.717, 1.165) is 6.20 Å². The Balaban J connectivity index is 2.59. The fraction of sp³-hybridized carbons (Fsp3) is 0. The maximum atomic E-state index is 11.4. The van der Waals surface area contributed by atoms with Crippen molar-refractivity contribution in [3.63, 3.8) is 0 Å². The number of fused-ring (bicyclic) bond motifs is 1. The summed E-state index contributed by atoms with van der Waals surface area (Å²) < 4.78 is 2.10. The van der Waals surface area contributed by atoms with Crippen LogP contribution in [0, 0.1) is 3.57 Å². The molecule has 5 heteroatoms. The van der Waals surface area contributed by atoms with E-state index < -0.39 is 19.0 Å². The van der Waals surface area contributed by atoms with Crippen LogP contribution in [0.5, 0.6) is 0 Å². The van der Waals surface area contributed by atoms with Gasteiger partial charge in [0, 0.05) is 0 Å². The fourth-order valence-corrected chi connectivity index (χ4v) is 5.28. The number of carbonyl (C=O) groups excluding carboxylic acids is 1. The number of rotatable bonds is 0. The predicted molar refractivity (Wildman–Crippen MR) is 57.0 cm³/mol. The zero-order chi connectivity index (χ0) is 8.72. The van der Waals surface area contributed by atoms with Crippen molar-refractivity contribution in [2.45, 2.75) is 0 Å². The molecule has 0 spiro atoms. The molecule has 0 fully saturated rings. The Kier molecular flexibility index (Phi) is 2.18. The Morgan fingerprint density at radius 1 is 1.33 bits per heavy atom. The quantitative estimate of drug-likeness (QED) is 0.532. The molecule has 0 N–H and O–H groups in total. The van der Waals surface area contributed by atoms with E-state index in [4.69, 9.17) is 20.7 Å². The van der Waals surface area contributed by atoms with Gasteiger partial charge in [-0.3, -0.25) is 0 Å². The van der Waals surface area contributed by atoms with Crippen LogP contribution in [0.25, 0.3) is 0 Å². The van der Waals surface area contributed by atoms with Gasteiger partial charge < -0.3 is 0 Å². The second-order valence-corrected chi connectivity index (χ2v) is 8.34. The van der Waals surface area contributed by atoms with Crippen molar-refractivity contribution >= 4 is 45.6 Å². The molecule has 1 aromatic rings. The molecule has 1 amide bonds. The summed E-state index contributed by atoms with van der Waals surface area (Å²) in [5.41, 5.74) is 0.660. The number of carbonyl (C=O) groups is 1. The minimum absolute atomic E-state index is 0.160. The van der Waals surface area contributed by atoms with Gasteiger partial charge in [-0.15, -0.1) is 0 Å². The summed E-state index contributed by atoms with van der Waals surface area (Å²) in [7, 11) is 6.02. The van der Waals surface area contributed by atoms with Crippen molar-refractivity contribution in [2.75, 3.05) is 0 Å². The molecule has 0 aliphatic carbocycles. The van der Waals surface area contributed by atoms with Crippen LogP contribution in [-0.2, 0) is 0 Å². The van der Waals surface area contributed by atoms with Crippen molar-refractivity contribution in [3.05, 3.63) is 33.4 Å². The standard InChI is InChI=1S/C7H4Cl2INO/c8-10-6-4-2-1-3-5(6)7(12)11(10)9/h1-4H. The van der Waals surface area contributed by atoms with Crippen molar-refractivity contribution in [2.24, 2.45) is 0 Å². The van der Waals surface area contributed by atoms with Crippen LogP contribution in [0.1, 0.15) is 10.4 Å². The molecule has 2 rings (SSSR count). The Morgan fingerprint density at radius 3 is 2.67 bits per heavy atom. The summed E-state index contributed by atoms with van der Waals surface area (Å²) in [6.07, 6.45) is 0. The molecule has 0 bridgehead atoms. The topological polar surface area (TPSA) is 20.3 Å². The molecule has 0 saturated heterocycles. The third-order valence-electron chi connectivity index (χ3n) is 1.56. The van der Waals surface area contributed by atoms with Crippen molar-refractivity contribution in [1.82, 2.24) is 2.63 Å². The molecule has 0 saturated carbocycles. The SMILES string of the molecule is O=C1c2ccccc2I(Cl)N1Cl. The van der Waals surface area contributed by atoms with Crippen LogP contribution >= 0.6 is 39.6 Å². The maximum absolute atomic E-state index is 11.4. The summed E-state index contributed by atoms with van der Waals surface area (Å²) in [5.74, 6) is -0.160. The molecular weight excluding hydrogens is 312 g/mol. The molecule has 0 atom stereocenters. The Bertz CT molecular complexity index is 344. The van der Waals surface area contributed by atoms with E-state index in [2.05, 4.69) is 0 Å². The van der Waals surface area contributed by atoms with Crippen molar-refractivity contribution < 1.29 is 4.79 Å². The molecule has 1 aliphatic rings. The number of hydrogen-bond acceptors (Lipinski definition) is 1. The van der Waals surface area contributed by atoms with Crippen LogP contribution in [0.2, 0.25) is 0 Å². The van der Waals surface area contributed by atoms with Gasteiger partial charge in [-0.05, 0) is 0 Å². The summed E-state index contributed by atoms with van der Waals surface area (Å²) in [6, 6.07) is 7.31. The van der Waals surface area contributed by atoms with Crippen molar-refractivity contribution in [1.29, 1.82) is 0 Å². The van der Waals surface area contributed by atoms with Gasteiger partial charge in [-0.1, -0.05) is 0 Å². The van der Waals surface area contributed by atoms with Gasteiger partial charge in [0.15, 0.2) is 0 Å². The molecule has 0 radical (unpaired) electrons. The van der Waals surface area contributed by atoms with E-state index in [0.29, 0.717) is 5.56 Å². The number of halogens is 3. The van der Waals surface area contributed by atoms with Crippen LogP contribution in [0.4, 0.5) is 0 Å². The van der Waals surface area contributed by atoms with E-state index in [9.17, 15) is 4.79 Å². The van der Waals surface area contributed by atoms with Gasteiger partial charge in [0.2, 0.25) is 0 Å². The van der Waals surface area contributed by atoms with Crippen molar-refractivity contribution in [3.8, 4) is 0 Å². The molecule has 0 aromatic heterocycles. The molecule has 64 valence electrons. The van der Waals surface area contributed by atoms with E-state index in [-0.39, 0.29) is 5.91 Å². The average molecular weight is 316 g/mol. The van der Waals surface area contributed by atoms with Gasteiger partial charge in [-0.2, -0.15) is 0 Å². The van der Waals surface area contributed by atoms with Gasteiger partial charge in [0.05, 0.1) is 0 Å². The second kappa shape index (κ2) is 3.05. The third kappa shape index (κ3) is 1.11. The van der Waals surface area contributed by atoms with Gasteiger partial charge >= 0.3 is 86.4 Å². The molecule has 0 unspecified atom stereocenters. The second-order valence-electron chi connectivity index (χ2n) is 2.24. The molecule has 12 heavy (non-hydrogen) atoms. The van der Waals surface area contributed by atoms with E-state index in [1.807, 2.05) is 18.2 Å². The monoisotopic (exact) mass is 315 g/mol. The molecule has 1 aliphatic heterocycles. The molecule has 1 aromatic carbocycles. The summed E-state index contributed by atoms with van der Waals surface area (Å²) in [6.45, 7) is 0. The number of benzene rings is 1. The summed E-state index contributed by atoms with van der Waals surface area (Å²) >= 11 is 3.65. The Hall–Kier alpha value is -0.000000000000000167. The molecular formula is C7H4Cl2INO. The zero-order valence-electron chi connectivity index (χ0n) is 5.80. The number of amides is 1.